The molecule has 0 aromatic carbocycles. The summed E-state index contributed by atoms with van der Waals surface area (Å²) in [6.45, 7) is 0. The van der Waals surface area contributed by atoms with Crippen LogP contribution in [0.5, 0.6) is 0 Å². The van der Waals surface area contributed by atoms with Gasteiger partial charge in [-0.05, 0) is 18.2 Å². The van der Waals surface area contributed by atoms with Crippen LogP contribution in [0, 0.1) is 0 Å². The SMILES string of the molecule is O=C(O)Nc1ccc(C(O)c2[nH]nc3ncccc23)cn1. The van der Waals surface area contributed by atoms with Gasteiger partial charge in [0.05, 0.1) is 5.69 Å². The molecule has 4 N–H and O–H groups in total. The van der Waals surface area contributed by atoms with E-state index in [9.17, 15) is 9.90 Å². The molecule has 0 saturated heterocycles. The lowest BCUT2D eigenvalue weighted by Gasteiger charge is -2.09. The number of aromatic nitrogens is 4. The molecule has 0 bridgehead atoms. The molecule has 0 aliphatic heterocycles. The van der Waals surface area contributed by atoms with Crippen LogP contribution in [-0.2, 0) is 0 Å². The topological polar surface area (TPSA) is 124 Å². The van der Waals surface area contributed by atoms with E-state index >= 15 is 0 Å². The Labute approximate surface area is 118 Å². The first-order chi connectivity index (χ1) is 10.1. The molecule has 1 amide bonds. The third-order valence-electron chi connectivity index (χ3n) is 2.97. The molecule has 0 saturated carbocycles. The van der Waals surface area contributed by atoms with Crippen LogP contribution in [0.25, 0.3) is 11.0 Å². The zero-order chi connectivity index (χ0) is 14.8. The molecular formula is C13H11N5O3. The fraction of sp³-hybridized carbons (Fsp3) is 0.0769. The number of hydrogen-bond acceptors (Lipinski definition) is 5. The zero-order valence-corrected chi connectivity index (χ0v) is 10.7. The van der Waals surface area contributed by atoms with E-state index in [-0.39, 0.29) is 5.82 Å². The van der Waals surface area contributed by atoms with Crippen molar-refractivity contribution in [3.8, 4) is 0 Å². The normalized spacial score (nSPS) is 12.2. The number of aliphatic hydroxyl groups is 1. The van der Waals surface area contributed by atoms with Crippen molar-refractivity contribution in [2.75, 3.05) is 5.32 Å². The Hall–Kier alpha value is -3.00. The highest BCUT2D eigenvalue weighted by Gasteiger charge is 2.17. The highest BCUT2D eigenvalue weighted by Crippen LogP contribution is 2.25. The average Bonchev–Trinajstić information content (AvgIpc) is 2.90. The van der Waals surface area contributed by atoms with E-state index in [1.165, 1.54) is 12.3 Å². The van der Waals surface area contributed by atoms with Crippen molar-refractivity contribution < 1.29 is 15.0 Å². The second kappa shape index (κ2) is 5.17. The summed E-state index contributed by atoms with van der Waals surface area (Å²) in [5, 5.41) is 28.6. The fourth-order valence-electron chi connectivity index (χ4n) is 2.00. The van der Waals surface area contributed by atoms with Crippen molar-refractivity contribution >= 4 is 22.9 Å². The Morgan fingerprint density at radius 2 is 2.14 bits per heavy atom. The van der Waals surface area contributed by atoms with Crippen LogP contribution in [0.4, 0.5) is 10.6 Å². The van der Waals surface area contributed by atoms with Crippen molar-refractivity contribution in [2.24, 2.45) is 0 Å². The van der Waals surface area contributed by atoms with E-state index in [0.29, 0.717) is 16.9 Å². The van der Waals surface area contributed by atoms with Crippen LogP contribution in [-0.4, -0.2) is 36.5 Å². The quantitative estimate of drug-likeness (QED) is 0.578. The van der Waals surface area contributed by atoms with Gasteiger partial charge in [-0.15, -0.1) is 0 Å². The minimum absolute atomic E-state index is 0.189. The number of aliphatic hydroxyl groups excluding tert-OH is 1. The van der Waals surface area contributed by atoms with Crippen molar-refractivity contribution in [3.05, 3.63) is 47.9 Å². The van der Waals surface area contributed by atoms with Gasteiger partial charge in [0, 0.05) is 23.3 Å². The maximum atomic E-state index is 10.5. The Morgan fingerprint density at radius 1 is 1.29 bits per heavy atom. The van der Waals surface area contributed by atoms with Crippen LogP contribution < -0.4 is 5.32 Å². The van der Waals surface area contributed by atoms with Crippen LogP contribution in [0.15, 0.2) is 36.7 Å². The van der Waals surface area contributed by atoms with Crippen LogP contribution in [0.1, 0.15) is 17.4 Å². The number of anilines is 1. The molecule has 21 heavy (non-hydrogen) atoms. The molecule has 1 atom stereocenters. The third-order valence-corrected chi connectivity index (χ3v) is 2.97. The summed E-state index contributed by atoms with van der Waals surface area (Å²) >= 11 is 0. The van der Waals surface area contributed by atoms with Gasteiger partial charge in [0.15, 0.2) is 5.65 Å². The summed E-state index contributed by atoms with van der Waals surface area (Å²) in [6, 6.07) is 6.62. The van der Waals surface area contributed by atoms with Crippen molar-refractivity contribution in [1.82, 2.24) is 20.2 Å². The summed E-state index contributed by atoms with van der Waals surface area (Å²) in [7, 11) is 0. The molecule has 3 heterocycles. The second-order valence-electron chi connectivity index (χ2n) is 4.32. The zero-order valence-electron chi connectivity index (χ0n) is 10.7. The highest BCUT2D eigenvalue weighted by molar-refractivity contribution is 5.81. The maximum absolute atomic E-state index is 10.5. The number of H-pyrrole nitrogens is 1. The van der Waals surface area contributed by atoms with Gasteiger partial charge in [-0.25, -0.2) is 14.8 Å². The molecule has 3 aromatic heterocycles. The van der Waals surface area contributed by atoms with E-state index in [1.54, 1.807) is 24.4 Å². The number of amides is 1. The molecule has 8 heteroatoms. The largest absolute Gasteiger partial charge is 0.465 e. The number of rotatable bonds is 3. The summed E-state index contributed by atoms with van der Waals surface area (Å²) in [4.78, 5) is 18.5. The van der Waals surface area contributed by atoms with E-state index in [1.807, 2.05) is 0 Å². The molecule has 0 spiro atoms. The van der Waals surface area contributed by atoms with Crippen LogP contribution in [0.2, 0.25) is 0 Å². The van der Waals surface area contributed by atoms with Crippen LogP contribution in [0.3, 0.4) is 0 Å². The van der Waals surface area contributed by atoms with E-state index in [0.717, 1.165) is 5.39 Å². The van der Waals surface area contributed by atoms with Gasteiger partial charge in [0.2, 0.25) is 0 Å². The number of aromatic amines is 1. The molecule has 8 nitrogen and oxygen atoms in total. The molecule has 3 aromatic rings. The minimum Gasteiger partial charge on any atom is -0.465 e. The van der Waals surface area contributed by atoms with Gasteiger partial charge in [-0.1, -0.05) is 6.07 Å². The maximum Gasteiger partial charge on any atom is 0.410 e. The molecule has 0 aliphatic carbocycles. The van der Waals surface area contributed by atoms with Gasteiger partial charge < -0.3 is 10.2 Å². The Bertz CT molecular complexity index is 784. The smallest absolute Gasteiger partial charge is 0.410 e. The number of fused-ring (bicyclic) bond motifs is 1. The lowest BCUT2D eigenvalue weighted by molar-refractivity contribution is 0.209. The lowest BCUT2D eigenvalue weighted by atomic mass is 10.1. The van der Waals surface area contributed by atoms with Gasteiger partial charge in [0.25, 0.3) is 0 Å². The molecular weight excluding hydrogens is 274 g/mol. The average molecular weight is 285 g/mol. The predicted molar refractivity (Wildman–Crippen MR) is 73.8 cm³/mol. The number of nitrogens with zero attached hydrogens (tertiary/aromatic N) is 3. The minimum atomic E-state index is -1.19. The van der Waals surface area contributed by atoms with Gasteiger partial charge in [-0.2, -0.15) is 5.10 Å². The summed E-state index contributed by atoms with van der Waals surface area (Å²) < 4.78 is 0. The van der Waals surface area contributed by atoms with Crippen molar-refractivity contribution in [3.63, 3.8) is 0 Å². The number of carbonyl (C=O) groups is 1. The number of hydrogen-bond donors (Lipinski definition) is 4. The Morgan fingerprint density at radius 3 is 2.86 bits per heavy atom. The van der Waals surface area contributed by atoms with Gasteiger partial charge >= 0.3 is 6.09 Å². The molecule has 0 radical (unpaired) electrons. The molecule has 106 valence electrons. The van der Waals surface area contributed by atoms with Crippen molar-refractivity contribution in [1.29, 1.82) is 0 Å². The summed E-state index contributed by atoms with van der Waals surface area (Å²) in [5.74, 6) is 0.189. The first-order valence-electron chi connectivity index (χ1n) is 6.08. The van der Waals surface area contributed by atoms with E-state index < -0.39 is 12.2 Å². The van der Waals surface area contributed by atoms with Gasteiger partial charge in [0.1, 0.15) is 11.9 Å². The van der Waals surface area contributed by atoms with E-state index in [4.69, 9.17) is 5.11 Å². The molecule has 0 aliphatic rings. The number of nitrogens with one attached hydrogen (secondary N) is 2. The summed E-state index contributed by atoms with van der Waals surface area (Å²) in [5.41, 5.74) is 1.54. The second-order valence-corrected chi connectivity index (χ2v) is 4.32. The Balaban J connectivity index is 1.91. The lowest BCUT2D eigenvalue weighted by Crippen LogP contribution is -2.09. The third kappa shape index (κ3) is 2.51. The van der Waals surface area contributed by atoms with Crippen molar-refractivity contribution in [2.45, 2.75) is 6.10 Å². The summed E-state index contributed by atoms with van der Waals surface area (Å²) in [6.07, 6.45) is 0.874. The number of pyridine rings is 2. The predicted octanol–water partition coefficient (Wildman–Crippen LogP) is 1.52. The Kier molecular flexibility index (Phi) is 3.20. The van der Waals surface area contributed by atoms with E-state index in [2.05, 4.69) is 25.5 Å². The van der Waals surface area contributed by atoms with Crippen LogP contribution >= 0.6 is 0 Å². The van der Waals surface area contributed by atoms with Gasteiger partial charge in [-0.3, -0.25) is 10.4 Å². The first kappa shape index (κ1) is 13.0. The molecule has 0 fully saturated rings. The first-order valence-corrected chi connectivity index (χ1v) is 6.08. The molecule has 3 rings (SSSR count). The fourth-order valence-corrected chi connectivity index (χ4v) is 2.00. The monoisotopic (exact) mass is 285 g/mol. The highest BCUT2D eigenvalue weighted by atomic mass is 16.4. The molecule has 1 unspecified atom stereocenters. The standard InChI is InChI=1S/C13H11N5O3/c19-11(7-3-4-9(15-6-7)16-13(20)21)10-8-2-1-5-14-12(8)18-17-10/h1-6,11,19H,(H,15,16)(H,20,21)(H,14,17,18). The number of carboxylic acid groups (broad SMARTS) is 1.